The molecule has 5 nitrogen and oxygen atoms in total. The van der Waals surface area contributed by atoms with Crippen LogP contribution in [0.25, 0.3) is 0 Å². The first-order valence-electron chi connectivity index (χ1n) is 2.84. The lowest BCUT2D eigenvalue weighted by atomic mass is 10.2. The molecule has 0 amide bonds. The highest BCUT2D eigenvalue weighted by Crippen LogP contribution is 2.12. The van der Waals surface area contributed by atoms with Gasteiger partial charge in [-0.05, 0) is 0 Å². The highest BCUT2D eigenvalue weighted by molar-refractivity contribution is 6.24. The van der Waals surface area contributed by atoms with Crippen LogP contribution in [0.4, 0.5) is 0 Å². The molecule has 2 aliphatic heterocycles. The van der Waals surface area contributed by atoms with Gasteiger partial charge in [0.1, 0.15) is 12.5 Å². The van der Waals surface area contributed by atoms with Gasteiger partial charge in [0.15, 0.2) is 5.84 Å². The van der Waals surface area contributed by atoms with E-state index in [1.807, 2.05) is 0 Å². The molecular formula is C5H5N5. The van der Waals surface area contributed by atoms with Crippen molar-refractivity contribution in [1.82, 2.24) is 0 Å². The molecule has 50 valence electrons. The van der Waals surface area contributed by atoms with Crippen LogP contribution in [-0.4, -0.2) is 18.3 Å². The highest BCUT2D eigenvalue weighted by atomic mass is 15.2. The molecule has 0 spiro atoms. The fourth-order valence-electron chi connectivity index (χ4n) is 0.814. The Labute approximate surface area is 57.1 Å². The molecule has 0 saturated heterocycles. The molecule has 0 aromatic carbocycles. The first-order chi connectivity index (χ1) is 4.88. The zero-order chi connectivity index (χ0) is 6.97. The van der Waals surface area contributed by atoms with E-state index in [1.165, 1.54) is 0 Å². The maximum absolute atomic E-state index is 5.50. The van der Waals surface area contributed by atoms with Crippen molar-refractivity contribution in [2.75, 3.05) is 6.67 Å². The van der Waals surface area contributed by atoms with Crippen molar-refractivity contribution >= 4 is 11.7 Å². The Morgan fingerprint density at radius 1 is 1.40 bits per heavy atom. The van der Waals surface area contributed by atoms with Crippen molar-refractivity contribution in [3.63, 3.8) is 0 Å². The number of hydrogen-bond acceptors (Lipinski definition) is 5. The number of aliphatic imine (C=N–C) groups is 2. The Morgan fingerprint density at radius 2 is 2.30 bits per heavy atom. The third-order valence-electron chi connectivity index (χ3n) is 1.32. The van der Waals surface area contributed by atoms with Gasteiger partial charge < -0.3 is 5.73 Å². The van der Waals surface area contributed by atoms with Gasteiger partial charge in [-0.2, -0.15) is 5.11 Å². The third kappa shape index (κ3) is 0.570. The smallest absolute Gasteiger partial charge is 0.184 e. The summed E-state index contributed by atoms with van der Waals surface area (Å²) in [6.45, 7) is 0.373. The Kier molecular flexibility index (Phi) is 0.913. The van der Waals surface area contributed by atoms with Gasteiger partial charge in [0.2, 0.25) is 0 Å². The Morgan fingerprint density at radius 3 is 3.10 bits per heavy atom. The first-order valence-corrected chi connectivity index (χ1v) is 2.84. The molecule has 0 unspecified atom stereocenters. The fourth-order valence-corrected chi connectivity index (χ4v) is 0.814. The number of azo groups is 1. The van der Waals surface area contributed by atoms with Crippen LogP contribution in [-0.2, 0) is 0 Å². The molecular weight excluding hydrogens is 130 g/mol. The number of rotatable bonds is 0. The second-order valence-corrected chi connectivity index (χ2v) is 1.92. The minimum absolute atomic E-state index is 0.373. The minimum atomic E-state index is 0.373. The van der Waals surface area contributed by atoms with Crippen molar-refractivity contribution < 1.29 is 0 Å². The SMILES string of the molecule is NC1=NCN=C2N=NC=C12. The molecule has 10 heavy (non-hydrogen) atoms. The van der Waals surface area contributed by atoms with E-state index in [1.54, 1.807) is 6.20 Å². The molecule has 0 fully saturated rings. The van der Waals surface area contributed by atoms with E-state index in [0.29, 0.717) is 18.3 Å². The second kappa shape index (κ2) is 1.73. The molecule has 2 heterocycles. The van der Waals surface area contributed by atoms with Crippen LogP contribution in [0.5, 0.6) is 0 Å². The summed E-state index contributed by atoms with van der Waals surface area (Å²) in [6.07, 6.45) is 1.57. The van der Waals surface area contributed by atoms with Crippen LogP contribution in [0.15, 0.2) is 32.0 Å². The summed E-state index contributed by atoms with van der Waals surface area (Å²) < 4.78 is 0. The average Bonchev–Trinajstić information content (AvgIpc) is 2.36. The van der Waals surface area contributed by atoms with Crippen LogP contribution in [0.1, 0.15) is 0 Å². The van der Waals surface area contributed by atoms with Gasteiger partial charge in [0, 0.05) is 0 Å². The van der Waals surface area contributed by atoms with Crippen molar-refractivity contribution in [3.8, 4) is 0 Å². The predicted molar refractivity (Wildman–Crippen MR) is 36.9 cm³/mol. The maximum atomic E-state index is 5.50. The quantitative estimate of drug-likeness (QED) is 0.501. The maximum Gasteiger partial charge on any atom is 0.184 e. The Hall–Kier alpha value is -1.52. The second-order valence-electron chi connectivity index (χ2n) is 1.92. The van der Waals surface area contributed by atoms with Crippen molar-refractivity contribution in [1.29, 1.82) is 0 Å². The van der Waals surface area contributed by atoms with E-state index in [4.69, 9.17) is 5.73 Å². The molecule has 2 rings (SSSR count). The number of fused-ring (bicyclic) bond motifs is 1. The minimum Gasteiger partial charge on any atom is -0.383 e. The fraction of sp³-hybridized carbons (Fsp3) is 0.200. The van der Waals surface area contributed by atoms with Crippen molar-refractivity contribution in [3.05, 3.63) is 11.8 Å². The lowest BCUT2D eigenvalue weighted by molar-refractivity contribution is 1.04. The molecule has 0 bridgehead atoms. The molecule has 5 heteroatoms. The van der Waals surface area contributed by atoms with Crippen LogP contribution in [0.2, 0.25) is 0 Å². The molecule has 0 saturated carbocycles. The molecule has 0 aromatic heterocycles. The molecule has 0 aliphatic carbocycles. The van der Waals surface area contributed by atoms with E-state index >= 15 is 0 Å². The predicted octanol–water partition coefficient (Wildman–Crippen LogP) is 0.0629. The van der Waals surface area contributed by atoms with Crippen molar-refractivity contribution in [2.45, 2.75) is 0 Å². The van der Waals surface area contributed by atoms with Gasteiger partial charge in [-0.1, -0.05) is 0 Å². The number of nitrogens with two attached hydrogens (primary N) is 1. The van der Waals surface area contributed by atoms with Crippen LogP contribution in [0.3, 0.4) is 0 Å². The van der Waals surface area contributed by atoms with Crippen LogP contribution in [0, 0.1) is 0 Å². The van der Waals surface area contributed by atoms with Crippen LogP contribution >= 0.6 is 0 Å². The van der Waals surface area contributed by atoms with Gasteiger partial charge in [-0.3, -0.25) is 0 Å². The lowest BCUT2D eigenvalue weighted by Crippen LogP contribution is -2.22. The van der Waals surface area contributed by atoms with Gasteiger partial charge in [0.05, 0.1) is 11.8 Å². The van der Waals surface area contributed by atoms with E-state index in [9.17, 15) is 0 Å². The van der Waals surface area contributed by atoms with Gasteiger partial charge in [-0.15, -0.1) is 5.11 Å². The molecule has 2 aliphatic rings. The van der Waals surface area contributed by atoms with E-state index in [0.717, 1.165) is 5.57 Å². The van der Waals surface area contributed by atoms with Crippen molar-refractivity contribution in [2.24, 2.45) is 25.9 Å². The molecule has 0 aromatic rings. The van der Waals surface area contributed by atoms with Gasteiger partial charge >= 0.3 is 0 Å². The summed E-state index contributed by atoms with van der Waals surface area (Å²) in [4.78, 5) is 7.85. The summed E-state index contributed by atoms with van der Waals surface area (Å²) in [7, 11) is 0. The van der Waals surface area contributed by atoms with Gasteiger partial charge in [-0.25, -0.2) is 9.98 Å². The molecule has 2 N–H and O–H groups in total. The summed E-state index contributed by atoms with van der Waals surface area (Å²) in [5, 5.41) is 7.38. The summed E-state index contributed by atoms with van der Waals surface area (Å²) >= 11 is 0. The Balaban J connectivity index is 2.46. The van der Waals surface area contributed by atoms with E-state index < -0.39 is 0 Å². The standard InChI is InChI=1S/C5H5N5/c6-4-3-1-9-10-5(3)8-2-7-4/h1H,2H2,(H2,6,7). The number of nitrogens with zero attached hydrogens (tertiary/aromatic N) is 4. The molecule has 0 atom stereocenters. The van der Waals surface area contributed by atoms with E-state index in [-0.39, 0.29) is 0 Å². The topological polar surface area (TPSA) is 75.5 Å². The summed E-state index contributed by atoms with van der Waals surface area (Å²) in [6, 6.07) is 0. The number of amidine groups is 2. The zero-order valence-electron chi connectivity index (χ0n) is 5.15. The van der Waals surface area contributed by atoms with Crippen LogP contribution < -0.4 is 5.73 Å². The van der Waals surface area contributed by atoms with Gasteiger partial charge in [0.25, 0.3) is 0 Å². The normalized spacial score (nSPS) is 21.4. The lowest BCUT2D eigenvalue weighted by Gasteiger charge is -2.04. The highest BCUT2D eigenvalue weighted by Gasteiger charge is 2.17. The largest absolute Gasteiger partial charge is 0.383 e. The molecule has 0 radical (unpaired) electrons. The summed E-state index contributed by atoms with van der Waals surface area (Å²) in [5.41, 5.74) is 6.24. The first kappa shape index (κ1) is 5.28. The zero-order valence-corrected chi connectivity index (χ0v) is 5.15. The summed E-state index contributed by atoms with van der Waals surface area (Å²) in [5.74, 6) is 1.09. The number of hydrogen-bond donors (Lipinski definition) is 1. The average molecular weight is 135 g/mol. The third-order valence-corrected chi connectivity index (χ3v) is 1.32. The Bertz CT molecular complexity index is 282. The monoisotopic (exact) mass is 135 g/mol. The van der Waals surface area contributed by atoms with E-state index in [2.05, 4.69) is 20.2 Å².